The number of nitrogens with one attached hydrogen (secondary N) is 1. The summed E-state index contributed by atoms with van der Waals surface area (Å²) >= 11 is 0. The van der Waals surface area contributed by atoms with Crippen LogP contribution in [0.3, 0.4) is 0 Å². The number of benzene rings is 2. The quantitative estimate of drug-likeness (QED) is 0.505. The van der Waals surface area contributed by atoms with Gasteiger partial charge in [0.25, 0.3) is 5.91 Å². The molecule has 0 aliphatic carbocycles. The van der Waals surface area contributed by atoms with Gasteiger partial charge in [0.2, 0.25) is 5.78 Å². The average molecular weight is 297 g/mol. The van der Waals surface area contributed by atoms with E-state index in [1.54, 1.807) is 54.6 Å². The molecule has 0 spiro atoms. The summed E-state index contributed by atoms with van der Waals surface area (Å²) in [7, 11) is 1.53. The highest BCUT2D eigenvalue weighted by Gasteiger charge is 2.13. The number of amides is 1. The maximum atomic E-state index is 11.8. The predicted octanol–water partition coefficient (Wildman–Crippen LogP) is 2.80. The van der Waals surface area contributed by atoms with Crippen LogP contribution in [-0.2, 0) is 9.59 Å². The largest absolute Gasteiger partial charge is 0.507 e. The zero-order valence-corrected chi connectivity index (χ0v) is 11.9. The molecule has 112 valence electrons. The molecule has 2 N–H and O–H groups in total. The van der Waals surface area contributed by atoms with Crippen molar-refractivity contribution in [2.24, 2.45) is 0 Å². The summed E-state index contributed by atoms with van der Waals surface area (Å²) in [6.07, 6.45) is 0.889. The maximum absolute atomic E-state index is 11.8. The Kier molecular flexibility index (Phi) is 4.93. The highest BCUT2D eigenvalue weighted by Crippen LogP contribution is 2.16. The van der Waals surface area contributed by atoms with Gasteiger partial charge in [0.15, 0.2) is 0 Å². The SMILES string of the molecule is COc1ccc(/C(O)=C/C(=O)C(=O)Nc2ccccc2)cc1. The Balaban J connectivity index is 2.06. The van der Waals surface area contributed by atoms with Crippen LogP contribution in [-0.4, -0.2) is 23.9 Å². The zero-order valence-electron chi connectivity index (χ0n) is 11.9. The fourth-order valence-corrected chi connectivity index (χ4v) is 1.75. The maximum Gasteiger partial charge on any atom is 0.296 e. The number of ketones is 1. The number of ether oxygens (including phenoxy) is 1. The van der Waals surface area contributed by atoms with Gasteiger partial charge in [-0.2, -0.15) is 0 Å². The van der Waals surface area contributed by atoms with E-state index in [0.29, 0.717) is 17.0 Å². The predicted molar refractivity (Wildman–Crippen MR) is 83.7 cm³/mol. The fraction of sp³-hybridized carbons (Fsp3) is 0.0588. The number of anilines is 1. The standard InChI is InChI=1S/C17H15NO4/c1-22-14-9-7-12(8-10-14)15(19)11-16(20)17(21)18-13-5-3-2-4-6-13/h2-11,19H,1H3,(H,18,21)/b15-11-. The molecule has 2 aromatic rings. The lowest BCUT2D eigenvalue weighted by molar-refractivity contribution is -0.131. The highest BCUT2D eigenvalue weighted by molar-refractivity contribution is 6.45. The number of hydrogen-bond acceptors (Lipinski definition) is 4. The number of hydrogen-bond donors (Lipinski definition) is 2. The van der Waals surface area contributed by atoms with Crippen LogP contribution < -0.4 is 10.1 Å². The number of para-hydroxylation sites is 1. The molecule has 0 saturated carbocycles. The van der Waals surface area contributed by atoms with Gasteiger partial charge in [-0.15, -0.1) is 0 Å². The lowest BCUT2D eigenvalue weighted by atomic mass is 10.1. The minimum atomic E-state index is -0.836. The molecule has 2 aromatic carbocycles. The summed E-state index contributed by atoms with van der Waals surface area (Å²) < 4.78 is 5.00. The van der Waals surface area contributed by atoms with Gasteiger partial charge in [-0.1, -0.05) is 18.2 Å². The molecule has 0 fully saturated rings. The van der Waals surface area contributed by atoms with Gasteiger partial charge in [0, 0.05) is 17.3 Å². The summed E-state index contributed by atoms with van der Waals surface area (Å²) in [5.41, 5.74) is 0.930. The summed E-state index contributed by atoms with van der Waals surface area (Å²) in [5, 5.41) is 12.3. The molecule has 22 heavy (non-hydrogen) atoms. The van der Waals surface area contributed by atoms with Crippen LogP contribution in [0.25, 0.3) is 5.76 Å². The second-order valence-corrected chi connectivity index (χ2v) is 4.44. The number of aliphatic hydroxyl groups excluding tert-OH is 1. The van der Waals surface area contributed by atoms with Gasteiger partial charge < -0.3 is 15.2 Å². The second-order valence-electron chi connectivity index (χ2n) is 4.44. The first-order valence-corrected chi connectivity index (χ1v) is 6.55. The van der Waals surface area contributed by atoms with E-state index in [0.717, 1.165) is 6.08 Å². The molecule has 5 heteroatoms. The molecule has 0 unspecified atom stereocenters. The number of aliphatic hydroxyl groups is 1. The molecule has 0 aliphatic heterocycles. The van der Waals surface area contributed by atoms with E-state index >= 15 is 0 Å². The molecule has 0 radical (unpaired) electrons. The highest BCUT2D eigenvalue weighted by atomic mass is 16.5. The minimum absolute atomic E-state index is 0.282. The Labute approximate surface area is 127 Å². The zero-order chi connectivity index (χ0) is 15.9. The van der Waals surface area contributed by atoms with Crippen LogP contribution in [0.15, 0.2) is 60.7 Å². The molecule has 0 heterocycles. The lowest BCUT2D eigenvalue weighted by Gasteiger charge is -2.04. The molecular weight excluding hydrogens is 282 g/mol. The average Bonchev–Trinajstić information content (AvgIpc) is 2.55. The Morgan fingerprint density at radius 1 is 1.05 bits per heavy atom. The number of methoxy groups -OCH3 is 1. The molecule has 1 amide bonds. The van der Waals surface area contributed by atoms with Crippen molar-refractivity contribution < 1.29 is 19.4 Å². The van der Waals surface area contributed by atoms with Crippen LogP contribution in [0.5, 0.6) is 5.75 Å². The monoisotopic (exact) mass is 297 g/mol. The van der Waals surface area contributed by atoms with E-state index in [-0.39, 0.29) is 5.76 Å². The van der Waals surface area contributed by atoms with E-state index in [1.165, 1.54) is 7.11 Å². The van der Waals surface area contributed by atoms with Crippen molar-refractivity contribution in [3.05, 3.63) is 66.2 Å². The Morgan fingerprint density at radius 2 is 1.68 bits per heavy atom. The van der Waals surface area contributed by atoms with E-state index in [2.05, 4.69) is 5.32 Å². The van der Waals surface area contributed by atoms with Crippen LogP contribution in [0, 0.1) is 0 Å². The Morgan fingerprint density at radius 3 is 2.27 bits per heavy atom. The topological polar surface area (TPSA) is 75.6 Å². The van der Waals surface area contributed by atoms with E-state index < -0.39 is 11.7 Å². The van der Waals surface area contributed by atoms with Gasteiger partial charge in [0.1, 0.15) is 11.5 Å². The summed E-state index contributed by atoms with van der Waals surface area (Å²) in [5.74, 6) is -1.30. The normalized spacial score (nSPS) is 10.9. The van der Waals surface area contributed by atoms with Crippen LogP contribution in [0.2, 0.25) is 0 Å². The molecule has 0 aliphatic rings. The summed E-state index contributed by atoms with van der Waals surface area (Å²) in [6, 6.07) is 15.1. The number of rotatable bonds is 5. The van der Waals surface area contributed by atoms with Crippen molar-refractivity contribution in [1.29, 1.82) is 0 Å². The third-order valence-corrected chi connectivity index (χ3v) is 2.91. The number of carbonyl (C=O) groups is 2. The lowest BCUT2D eigenvalue weighted by Crippen LogP contribution is -2.21. The third-order valence-electron chi connectivity index (χ3n) is 2.91. The molecule has 5 nitrogen and oxygen atoms in total. The number of carbonyl (C=O) groups excluding carboxylic acids is 2. The third kappa shape index (κ3) is 3.96. The van der Waals surface area contributed by atoms with Gasteiger partial charge >= 0.3 is 0 Å². The Hall–Kier alpha value is -3.08. The Bertz CT molecular complexity index is 690. The van der Waals surface area contributed by atoms with Gasteiger partial charge in [-0.3, -0.25) is 9.59 Å². The van der Waals surface area contributed by atoms with Gasteiger partial charge in [-0.05, 0) is 36.4 Å². The van der Waals surface area contributed by atoms with Crippen molar-refractivity contribution in [2.75, 3.05) is 12.4 Å². The van der Waals surface area contributed by atoms with Crippen LogP contribution in [0.4, 0.5) is 5.69 Å². The minimum Gasteiger partial charge on any atom is -0.507 e. The van der Waals surface area contributed by atoms with Gasteiger partial charge in [0.05, 0.1) is 7.11 Å². The first-order valence-electron chi connectivity index (χ1n) is 6.55. The first kappa shape index (κ1) is 15.3. The van der Waals surface area contributed by atoms with E-state index in [4.69, 9.17) is 4.74 Å². The van der Waals surface area contributed by atoms with Crippen LogP contribution >= 0.6 is 0 Å². The van der Waals surface area contributed by atoms with Gasteiger partial charge in [-0.25, -0.2) is 0 Å². The molecule has 0 saturated heterocycles. The van der Waals surface area contributed by atoms with Crippen LogP contribution in [0.1, 0.15) is 5.56 Å². The van der Waals surface area contributed by atoms with Crippen molar-refractivity contribution in [3.8, 4) is 5.75 Å². The van der Waals surface area contributed by atoms with Crippen molar-refractivity contribution in [3.63, 3.8) is 0 Å². The van der Waals surface area contributed by atoms with Crippen molar-refractivity contribution >= 4 is 23.1 Å². The summed E-state index contributed by atoms with van der Waals surface area (Å²) in [4.78, 5) is 23.5. The first-order chi connectivity index (χ1) is 10.6. The van der Waals surface area contributed by atoms with Crippen molar-refractivity contribution in [1.82, 2.24) is 0 Å². The molecular formula is C17H15NO4. The smallest absolute Gasteiger partial charge is 0.296 e. The van der Waals surface area contributed by atoms with E-state index in [9.17, 15) is 14.7 Å². The molecule has 0 atom stereocenters. The molecule has 0 bridgehead atoms. The molecule has 0 aromatic heterocycles. The second kappa shape index (κ2) is 7.08. The summed E-state index contributed by atoms with van der Waals surface area (Å²) in [6.45, 7) is 0. The fourth-order valence-electron chi connectivity index (χ4n) is 1.75. The van der Waals surface area contributed by atoms with E-state index in [1.807, 2.05) is 0 Å². The van der Waals surface area contributed by atoms with Crippen molar-refractivity contribution in [2.45, 2.75) is 0 Å². The molecule has 2 rings (SSSR count).